The van der Waals surface area contributed by atoms with Crippen LogP contribution < -0.4 is 16.2 Å². The Labute approximate surface area is 161 Å². The number of hydrogen-bond donors (Lipinski definition) is 3. The minimum absolute atomic E-state index is 0.177. The van der Waals surface area contributed by atoms with Gasteiger partial charge < -0.3 is 10.6 Å². The van der Waals surface area contributed by atoms with Crippen molar-refractivity contribution in [1.82, 2.24) is 20.1 Å². The second kappa shape index (κ2) is 6.84. The predicted molar refractivity (Wildman–Crippen MR) is 111 cm³/mol. The van der Waals surface area contributed by atoms with Crippen molar-refractivity contribution in [2.75, 3.05) is 5.32 Å². The fraction of sp³-hybridized carbons (Fsp3) is 0.190. The minimum atomic E-state index is -0.308. The van der Waals surface area contributed by atoms with Gasteiger partial charge in [-0.05, 0) is 36.4 Å². The number of H-pyrrole nitrogens is 1. The smallest absolute Gasteiger partial charge is 0.319 e. The van der Waals surface area contributed by atoms with Crippen LogP contribution in [0.2, 0.25) is 0 Å². The molecule has 0 spiro atoms. The van der Waals surface area contributed by atoms with E-state index >= 15 is 0 Å². The van der Waals surface area contributed by atoms with Crippen LogP contribution in [0.15, 0.2) is 47.3 Å². The largest absolute Gasteiger partial charge is 0.334 e. The molecule has 7 nitrogen and oxygen atoms in total. The highest BCUT2D eigenvalue weighted by molar-refractivity contribution is 6.01. The minimum Gasteiger partial charge on any atom is -0.334 e. The Morgan fingerprint density at radius 2 is 1.89 bits per heavy atom. The lowest BCUT2D eigenvalue weighted by Gasteiger charge is -2.13. The molecule has 0 fully saturated rings. The summed E-state index contributed by atoms with van der Waals surface area (Å²) < 4.78 is 1.61. The maximum Gasteiger partial charge on any atom is 0.319 e. The summed E-state index contributed by atoms with van der Waals surface area (Å²) in [5.74, 6) is 0. The van der Waals surface area contributed by atoms with E-state index in [1.54, 1.807) is 11.7 Å². The molecule has 142 valence electrons. The Hall–Kier alpha value is -3.61. The number of benzene rings is 2. The summed E-state index contributed by atoms with van der Waals surface area (Å²) in [6, 6.07) is 13.4. The summed E-state index contributed by atoms with van der Waals surface area (Å²) in [7, 11) is 1.76. The molecule has 0 atom stereocenters. The number of amides is 2. The fourth-order valence-electron chi connectivity index (χ4n) is 3.58. The third-order valence-electron chi connectivity index (χ3n) is 5.04. The van der Waals surface area contributed by atoms with Gasteiger partial charge in [-0.2, -0.15) is 0 Å². The maximum atomic E-state index is 12.5. The zero-order valence-electron chi connectivity index (χ0n) is 16.0. The maximum absolute atomic E-state index is 12.5. The zero-order valence-corrected chi connectivity index (χ0v) is 16.0. The molecule has 0 radical (unpaired) electrons. The van der Waals surface area contributed by atoms with Gasteiger partial charge in [0.15, 0.2) is 5.65 Å². The van der Waals surface area contributed by atoms with Crippen molar-refractivity contribution in [1.29, 1.82) is 0 Å². The third-order valence-corrected chi connectivity index (χ3v) is 5.04. The second-order valence-corrected chi connectivity index (χ2v) is 6.83. The molecule has 0 saturated carbocycles. The van der Waals surface area contributed by atoms with Crippen LogP contribution in [0.4, 0.5) is 10.5 Å². The number of anilines is 1. The number of nitrogens with one attached hydrogen (secondary N) is 3. The van der Waals surface area contributed by atoms with Crippen molar-refractivity contribution in [3.63, 3.8) is 0 Å². The van der Waals surface area contributed by atoms with Crippen molar-refractivity contribution in [3.05, 3.63) is 69.6 Å². The van der Waals surface area contributed by atoms with E-state index in [0.29, 0.717) is 11.0 Å². The van der Waals surface area contributed by atoms with Crippen LogP contribution >= 0.6 is 0 Å². The molecule has 4 rings (SSSR count). The molecular formula is C21H21N5O2. The van der Waals surface area contributed by atoms with E-state index in [1.165, 1.54) is 0 Å². The van der Waals surface area contributed by atoms with Gasteiger partial charge in [-0.3, -0.25) is 14.6 Å². The molecule has 0 bridgehead atoms. The van der Waals surface area contributed by atoms with Gasteiger partial charge in [0, 0.05) is 24.7 Å². The van der Waals surface area contributed by atoms with E-state index in [4.69, 9.17) is 0 Å². The van der Waals surface area contributed by atoms with Crippen molar-refractivity contribution in [2.24, 2.45) is 7.05 Å². The van der Waals surface area contributed by atoms with Crippen LogP contribution in [-0.2, 0) is 13.6 Å². The molecular weight excluding hydrogens is 354 g/mol. The summed E-state index contributed by atoms with van der Waals surface area (Å²) in [5.41, 5.74) is 3.64. The number of aromatic nitrogens is 3. The monoisotopic (exact) mass is 375 g/mol. The van der Waals surface area contributed by atoms with Gasteiger partial charge in [-0.25, -0.2) is 9.78 Å². The first-order valence-electron chi connectivity index (χ1n) is 9.03. The highest BCUT2D eigenvalue weighted by Gasteiger charge is 2.16. The molecule has 0 saturated heterocycles. The first kappa shape index (κ1) is 17.8. The van der Waals surface area contributed by atoms with Crippen LogP contribution in [0.3, 0.4) is 0 Å². The van der Waals surface area contributed by atoms with E-state index in [0.717, 1.165) is 33.3 Å². The van der Waals surface area contributed by atoms with Crippen LogP contribution in [0.5, 0.6) is 0 Å². The van der Waals surface area contributed by atoms with Crippen molar-refractivity contribution in [2.45, 2.75) is 20.4 Å². The fourth-order valence-corrected chi connectivity index (χ4v) is 3.58. The molecule has 2 amide bonds. The van der Waals surface area contributed by atoms with Crippen LogP contribution in [0, 0.1) is 13.8 Å². The van der Waals surface area contributed by atoms with E-state index < -0.39 is 0 Å². The van der Waals surface area contributed by atoms with E-state index in [-0.39, 0.29) is 18.1 Å². The van der Waals surface area contributed by atoms with Crippen LogP contribution in [-0.4, -0.2) is 20.8 Å². The molecule has 3 N–H and O–H groups in total. The molecule has 28 heavy (non-hydrogen) atoms. The van der Waals surface area contributed by atoms with Crippen molar-refractivity contribution in [3.8, 4) is 0 Å². The van der Waals surface area contributed by atoms with E-state index in [1.807, 2.05) is 56.3 Å². The Bertz CT molecular complexity index is 1260. The number of carbonyl (C=O) groups excluding carboxylic acids is 1. The number of fused-ring (bicyclic) bond motifs is 2. The summed E-state index contributed by atoms with van der Waals surface area (Å²) in [5, 5.41) is 11.1. The lowest BCUT2D eigenvalue weighted by Crippen LogP contribution is -2.29. The van der Waals surface area contributed by atoms with Crippen molar-refractivity contribution < 1.29 is 4.79 Å². The van der Waals surface area contributed by atoms with Crippen LogP contribution in [0.25, 0.3) is 21.8 Å². The Kier molecular flexibility index (Phi) is 4.35. The van der Waals surface area contributed by atoms with Crippen LogP contribution in [0.1, 0.15) is 16.8 Å². The zero-order chi connectivity index (χ0) is 19.8. The Morgan fingerprint density at radius 1 is 1.14 bits per heavy atom. The summed E-state index contributed by atoms with van der Waals surface area (Å²) >= 11 is 0. The molecule has 2 aromatic carbocycles. The van der Waals surface area contributed by atoms with Gasteiger partial charge in [0.05, 0.1) is 11.1 Å². The summed E-state index contributed by atoms with van der Waals surface area (Å²) in [6.07, 6.45) is 0. The van der Waals surface area contributed by atoms with Gasteiger partial charge >= 0.3 is 6.03 Å². The lowest BCUT2D eigenvalue weighted by atomic mass is 10.1. The predicted octanol–water partition coefficient (Wildman–Crippen LogP) is 3.35. The van der Waals surface area contributed by atoms with Crippen molar-refractivity contribution >= 4 is 33.5 Å². The average Bonchev–Trinajstić information content (AvgIpc) is 2.95. The molecule has 7 heteroatoms. The molecule has 0 aliphatic heterocycles. The van der Waals surface area contributed by atoms with Gasteiger partial charge in [0.2, 0.25) is 0 Å². The normalized spacial score (nSPS) is 11.1. The SMILES string of the molecule is Cc1nc2c(c(C)c1CNC(=O)Nc1cccc3ccccc13)c(=O)[nH]n2C. The topological polar surface area (TPSA) is 91.8 Å². The number of aryl methyl sites for hydroxylation is 3. The van der Waals surface area contributed by atoms with Gasteiger partial charge in [-0.15, -0.1) is 0 Å². The highest BCUT2D eigenvalue weighted by atomic mass is 16.2. The number of aromatic amines is 1. The number of hydrogen-bond acceptors (Lipinski definition) is 3. The molecule has 0 aliphatic carbocycles. The standard InChI is InChI=1S/C21H21N5O2/c1-12-16(13(2)23-19-18(12)20(27)25-26(19)3)11-22-21(28)24-17-10-6-8-14-7-4-5-9-15(14)17/h4-10H,11H2,1-3H3,(H,25,27)(H2,22,24,28). The highest BCUT2D eigenvalue weighted by Crippen LogP contribution is 2.23. The summed E-state index contributed by atoms with van der Waals surface area (Å²) in [6.45, 7) is 4.04. The molecule has 0 unspecified atom stereocenters. The number of pyridine rings is 1. The Morgan fingerprint density at radius 3 is 2.71 bits per heavy atom. The third kappa shape index (κ3) is 3.00. The molecule has 0 aliphatic rings. The molecule has 2 aromatic heterocycles. The second-order valence-electron chi connectivity index (χ2n) is 6.83. The number of carbonyl (C=O) groups is 1. The Balaban J connectivity index is 1.57. The van der Waals surface area contributed by atoms with E-state index in [2.05, 4.69) is 20.7 Å². The molecule has 2 heterocycles. The van der Waals surface area contributed by atoms with E-state index in [9.17, 15) is 9.59 Å². The molecule has 4 aromatic rings. The summed E-state index contributed by atoms with van der Waals surface area (Å²) in [4.78, 5) is 29.2. The average molecular weight is 375 g/mol. The van der Waals surface area contributed by atoms with Gasteiger partial charge in [0.25, 0.3) is 5.56 Å². The van der Waals surface area contributed by atoms with Gasteiger partial charge in [0.1, 0.15) is 0 Å². The number of rotatable bonds is 3. The number of nitrogens with zero attached hydrogens (tertiary/aromatic N) is 2. The first-order chi connectivity index (χ1) is 13.5. The lowest BCUT2D eigenvalue weighted by molar-refractivity contribution is 0.251. The number of urea groups is 1. The first-order valence-corrected chi connectivity index (χ1v) is 9.03. The quantitative estimate of drug-likeness (QED) is 0.513. The van der Waals surface area contributed by atoms with Gasteiger partial charge in [-0.1, -0.05) is 36.4 Å².